The molecule has 1 N–H and O–H groups in total. The van der Waals surface area contributed by atoms with Gasteiger partial charge in [-0.1, -0.05) is 6.07 Å². The summed E-state index contributed by atoms with van der Waals surface area (Å²) < 4.78 is 34.3. The average Bonchev–Trinajstić information content (AvgIpc) is 3.00. The first kappa shape index (κ1) is 18.5. The number of carbonyl (C=O) groups is 1. The lowest BCUT2D eigenvalue weighted by atomic mass is 10.1. The predicted octanol–water partition coefficient (Wildman–Crippen LogP) is 3.72. The number of ether oxygens (including phenoxy) is 1. The second-order valence-corrected chi connectivity index (χ2v) is 5.86. The fourth-order valence-corrected chi connectivity index (χ4v) is 2.65. The molecule has 0 unspecified atom stereocenters. The molecule has 0 radical (unpaired) electrons. The highest BCUT2D eigenvalue weighted by atomic mass is 19.1. The number of amides is 1. The van der Waals surface area contributed by atoms with Gasteiger partial charge >= 0.3 is 0 Å². The Balaban J connectivity index is 1.89. The normalized spacial score (nSPS) is 10.7. The van der Waals surface area contributed by atoms with Gasteiger partial charge in [0.05, 0.1) is 12.3 Å². The van der Waals surface area contributed by atoms with E-state index in [1.54, 1.807) is 25.4 Å². The van der Waals surface area contributed by atoms with Gasteiger partial charge in [-0.05, 0) is 37.6 Å². The third-order valence-electron chi connectivity index (χ3n) is 3.97. The van der Waals surface area contributed by atoms with E-state index in [9.17, 15) is 13.6 Å². The number of benzene rings is 1. The third kappa shape index (κ3) is 3.79. The molecule has 27 heavy (non-hydrogen) atoms. The fraction of sp³-hybridized carbons (Fsp3) is 0.211. The molecule has 1 amide bonds. The Kier molecular flexibility index (Phi) is 5.16. The van der Waals surface area contributed by atoms with Crippen molar-refractivity contribution < 1.29 is 18.3 Å². The number of rotatable bonds is 5. The Morgan fingerprint density at radius 2 is 1.96 bits per heavy atom. The number of pyridine rings is 1. The van der Waals surface area contributed by atoms with E-state index in [1.165, 1.54) is 10.7 Å². The highest BCUT2D eigenvalue weighted by Gasteiger charge is 2.18. The molecule has 8 heteroatoms. The van der Waals surface area contributed by atoms with Crippen LogP contribution in [-0.4, -0.2) is 27.3 Å². The number of carbonyl (C=O) groups excluding carboxylic acids is 1. The predicted molar refractivity (Wildman–Crippen MR) is 96.7 cm³/mol. The summed E-state index contributed by atoms with van der Waals surface area (Å²) in [6, 6.07) is 6.69. The van der Waals surface area contributed by atoms with E-state index in [-0.39, 0.29) is 5.69 Å². The summed E-state index contributed by atoms with van der Waals surface area (Å²) >= 11 is 0. The minimum Gasteiger partial charge on any atom is -0.478 e. The van der Waals surface area contributed by atoms with E-state index in [0.29, 0.717) is 18.2 Å². The Morgan fingerprint density at radius 1 is 1.26 bits per heavy atom. The van der Waals surface area contributed by atoms with Crippen LogP contribution >= 0.6 is 0 Å². The van der Waals surface area contributed by atoms with Crippen LogP contribution in [0.3, 0.4) is 0 Å². The van der Waals surface area contributed by atoms with E-state index >= 15 is 0 Å². The number of nitrogens with zero attached hydrogens (tertiary/aromatic N) is 3. The van der Waals surface area contributed by atoms with Crippen LogP contribution in [-0.2, 0) is 7.05 Å². The Labute approximate surface area is 154 Å². The van der Waals surface area contributed by atoms with E-state index < -0.39 is 23.2 Å². The van der Waals surface area contributed by atoms with Crippen LogP contribution in [0.2, 0.25) is 0 Å². The highest BCUT2D eigenvalue weighted by molar-refractivity contribution is 6.03. The van der Waals surface area contributed by atoms with Crippen molar-refractivity contribution in [3.63, 3.8) is 0 Å². The maximum Gasteiger partial charge on any atom is 0.276 e. The molecule has 0 aliphatic carbocycles. The van der Waals surface area contributed by atoms with Crippen LogP contribution < -0.4 is 10.1 Å². The van der Waals surface area contributed by atoms with E-state index in [1.807, 2.05) is 13.8 Å². The second kappa shape index (κ2) is 7.53. The van der Waals surface area contributed by atoms with Gasteiger partial charge in [-0.2, -0.15) is 5.10 Å². The molecule has 0 aliphatic heterocycles. The van der Waals surface area contributed by atoms with Crippen molar-refractivity contribution in [3.05, 3.63) is 59.4 Å². The summed E-state index contributed by atoms with van der Waals surface area (Å²) in [7, 11) is 1.67. The molecule has 0 aliphatic rings. The summed E-state index contributed by atoms with van der Waals surface area (Å²) in [6.07, 6.45) is 1.63. The van der Waals surface area contributed by atoms with Gasteiger partial charge in [-0.15, -0.1) is 0 Å². The SMILES string of the molecule is CCOc1cc(C)c(-c2cc(C(=O)Nc3c(F)cccc3F)nn2C)cn1. The molecule has 0 spiro atoms. The molecular formula is C19H18F2N4O2. The molecule has 3 aromatic rings. The van der Waals surface area contributed by atoms with Gasteiger partial charge in [-0.25, -0.2) is 13.8 Å². The zero-order valence-electron chi connectivity index (χ0n) is 15.1. The van der Waals surface area contributed by atoms with Crippen molar-refractivity contribution in [2.24, 2.45) is 7.05 Å². The summed E-state index contributed by atoms with van der Waals surface area (Å²) in [5.41, 5.74) is 1.83. The van der Waals surface area contributed by atoms with Crippen LogP contribution in [0.1, 0.15) is 23.0 Å². The Bertz CT molecular complexity index is 981. The molecule has 0 bridgehead atoms. The van der Waals surface area contributed by atoms with E-state index in [4.69, 9.17) is 4.74 Å². The molecule has 0 saturated heterocycles. The van der Waals surface area contributed by atoms with Gasteiger partial charge in [-0.3, -0.25) is 9.48 Å². The van der Waals surface area contributed by atoms with Crippen LogP contribution in [0.15, 0.2) is 36.5 Å². The Morgan fingerprint density at radius 3 is 2.59 bits per heavy atom. The summed E-state index contributed by atoms with van der Waals surface area (Å²) in [6.45, 7) is 4.27. The number of anilines is 1. The van der Waals surface area contributed by atoms with Crippen molar-refractivity contribution in [3.8, 4) is 17.1 Å². The van der Waals surface area contributed by atoms with Crippen LogP contribution in [0.4, 0.5) is 14.5 Å². The van der Waals surface area contributed by atoms with E-state index in [2.05, 4.69) is 15.4 Å². The summed E-state index contributed by atoms with van der Waals surface area (Å²) in [4.78, 5) is 16.6. The van der Waals surface area contributed by atoms with E-state index in [0.717, 1.165) is 23.3 Å². The molecule has 1 aromatic carbocycles. The number of halogens is 2. The molecule has 0 saturated carbocycles. The van der Waals surface area contributed by atoms with Gasteiger partial charge in [0.1, 0.15) is 17.3 Å². The topological polar surface area (TPSA) is 69.0 Å². The molecular weight excluding hydrogens is 354 g/mol. The first-order chi connectivity index (χ1) is 12.9. The number of para-hydroxylation sites is 1. The minimum atomic E-state index is -0.855. The first-order valence-electron chi connectivity index (χ1n) is 8.30. The number of nitrogens with one attached hydrogen (secondary N) is 1. The third-order valence-corrected chi connectivity index (χ3v) is 3.97. The molecule has 2 aromatic heterocycles. The van der Waals surface area contributed by atoms with Gasteiger partial charge in [0.25, 0.3) is 5.91 Å². The second-order valence-electron chi connectivity index (χ2n) is 5.86. The van der Waals surface area contributed by atoms with Crippen molar-refractivity contribution >= 4 is 11.6 Å². The van der Waals surface area contributed by atoms with Gasteiger partial charge < -0.3 is 10.1 Å². The van der Waals surface area contributed by atoms with Gasteiger partial charge in [0, 0.05) is 24.9 Å². The fourth-order valence-electron chi connectivity index (χ4n) is 2.65. The quantitative estimate of drug-likeness (QED) is 0.741. The van der Waals surface area contributed by atoms with Crippen LogP contribution in [0, 0.1) is 18.6 Å². The lowest BCUT2D eigenvalue weighted by Gasteiger charge is -2.08. The summed E-state index contributed by atoms with van der Waals surface area (Å²) in [5.74, 6) is -1.91. The summed E-state index contributed by atoms with van der Waals surface area (Å²) in [5, 5.41) is 6.37. The largest absolute Gasteiger partial charge is 0.478 e. The zero-order chi connectivity index (χ0) is 19.6. The maximum absolute atomic E-state index is 13.7. The maximum atomic E-state index is 13.7. The highest BCUT2D eigenvalue weighted by Crippen LogP contribution is 2.26. The van der Waals surface area contributed by atoms with Crippen molar-refractivity contribution in [1.82, 2.24) is 14.8 Å². The lowest BCUT2D eigenvalue weighted by molar-refractivity contribution is 0.102. The Hall–Kier alpha value is -3.29. The number of hydrogen-bond donors (Lipinski definition) is 1. The molecule has 6 nitrogen and oxygen atoms in total. The number of aromatic nitrogens is 3. The minimum absolute atomic E-state index is 0.0310. The standard InChI is InChI=1S/C19H18F2N4O2/c1-4-27-17-8-11(2)12(10-22-17)16-9-15(24-25(16)3)19(26)23-18-13(20)6-5-7-14(18)21/h5-10H,4H2,1-3H3,(H,23,26). The zero-order valence-corrected chi connectivity index (χ0v) is 15.1. The molecule has 0 fully saturated rings. The van der Waals surface area contributed by atoms with Gasteiger partial charge in [0.2, 0.25) is 5.88 Å². The lowest BCUT2D eigenvalue weighted by Crippen LogP contribution is -2.15. The first-order valence-corrected chi connectivity index (χ1v) is 8.30. The van der Waals surface area contributed by atoms with Crippen LogP contribution in [0.5, 0.6) is 5.88 Å². The molecule has 140 valence electrons. The van der Waals surface area contributed by atoms with Gasteiger partial charge in [0.15, 0.2) is 5.69 Å². The smallest absolute Gasteiger partial charge is 0.276 e. The van der Waals surface area contributed by atoms with Crippen LogP contribution in [0.25, 0.3) is 11.3 Å². The van der Waals surface area contributed by atoms with Crippen molar-refractivity contribution in [2.75, 3.05) is 11.9 Å². The molecule has 3 rings (SSSR count). The molecule has 2 heterocycles. The number of aryl methyl sites for hydroxylation is 2. The number of hydrogen-bond acceptors (Lipinski definition) is 4. The average molecular weight is 372 g/mol. The monoisotopic (exact) mass is 372 g/mol. The van der Waals surface area contributed by atoms with Crippen molar-refractivity contribution in [2.45, 2.75) is 13.8 Å². The van der Waals surface area contributed by atoms with Crippen molar-refractivity contribution in [1.29, 1.82) is 0 Å². The molecule has 0 atom stereocenters.